The molecule has 0 bridgehead atoms. The van der Waals surface area contributed by atoms with E-state index in [4.69, 9.17) is 0 Å². The van der Waals surface area contributed by atoms with Gasteiger partial charge in [-0.3, -0.25) is 0 Å². The molecule has 1 heterocycles. The molecule has 0 amide bonds. The second kappa shape index (κ2) is 7.72. The highest BCUT2D eigenvalue weighted by Gasteiger charge is 2.21. The fourth-order valence-electron chi connectivity index (χ4n) is 2.12. The fraction of sp³-hybridized carbons (Fsp3) is 0.333. The van der Waals surface area contributed by atoms with Crippen LogP contribution in [0.2, 0.25) is 0 Å². The van der Waals surface area contributed by atoms with Crippen LogP contribution in [0.15, 0.2) is 31.8 Å². The van der Waals surface area contributed by atoms with Gasteiger partial charge in [-0.25, -0.2) is 0 Å². The smallest absolute Gasteiger partial charge is 0.0761 e. The van der Waals surface area contributed by atoms with Crippen LogP contribution in [0.5, 0.6) is 0 Å². The second-order valence-corrected chi connectivity index (χ2v) is 9.47. The van der Waals surface area contributed by atoms with Crippen LogP contribution < -0.4 is 5.32 Å². The van der Waals surface area contributed by atoms with Crippen LogP contribution in [0.4, 0.5) is 0 Å². The number of benzene rings is 1. The molecule has 1 unspecified atom stereocenters. The lowest BCUT2D eigenvalue weighted by molar-refractivity contribution is 0.596. The Labute approximate surface area is 155 Å². The van der Waals surface area contributed by atoms with Crippen LogP contribution in [0.1, 0.15) is 36.1 Å². The zero-order valence-electron chi connectivity index (χ0n) is 11.3. The van der Waals surface area contributed by atoms with Crippen molar-refractivity contribution in [3.8, 4) is 0 Å². The van der Waals surface area contributed by atoms with Gasteiger partial charge in [-0.2, -0.15) is 0 Å². The van der Waals surface area contributed by atoms with Crippen molar-refractivity contribution in [3.05, 3.63) is 52.1 Å². The maximum absolute atomic E-state index is 3.70. The predicted molar refractivity (Wildman–Crippen MR) is 104 cm³/mol. The molecule has 0 fully saturated rings. The van der Waals surface area contributed by atoms with Crippen molar-refractivity contribution in [2.75, 3.05) is 6.54 Å². The summed E-state index contributed by atoms with van der Waals surface area (Å²) in [5, 5.41) is 3.68. The molecule has 1 aromatic heterocycles. The van der Waals surface area contributed by atoms with Gasteiger partial charge in [0, 0.05) is 3.57 Å². The van der Waals surface area contributed by atoms with Crippen LogP contribution >= 0.6 is 65.8 Å². The molecule has 20 heavy (non-hydrogen) atoms. The number of aryl methyl sites for hydroxylation is 1. The zero-order chi connectivity index (χ0) is 14.7. The highest BCUT2D eigenvalue weighted by Crippen LogP contribution is 2.39. The lowest BCUT2D eigenvalue weighted by Crippen LogP contribution is -2.24. The van der Waals surface area contributed by atoms with Crippen LogP contribution in [-0.4, -0.2) is 6.54 Å². The summed E-state index contributed by atoms with van der Waals surface area (Å²) in [6, 6.07) is 8.98. The highest BCUT2D eigenvalue weighted by molar-refractivity contribution is 14.1. The Morgan fingerprint density at radius 3 is 2.65 bits per heavy atom. The van der Waals surface area contributed by atoms with Crippen LogP contribution in [0.3, 0.4) is 0 Å². The van der Waals surface area contributed by atoms with E-state index in [2.05, 4.69) is 97.9 Å². The molecule has 0 aliphatic rings. The molecule has 2 aromatic rings. The Balaban J connectivity index is 2.47. The molecule has 0 aliphatic carbocycles. The van der Waals surface area contributed by atoms with E-state index in [1.807, 2.05) is 0 Å². The first-order valence-electron chi connectivity index (χ1n) is 6.47. The Kier molecular flexibility index (Phi) is 6.53. The number of hydrogen-bond acceptors (Lipinski definition) is 2. The summed E-state index contributed by atoms with van der Waals surface area (Å²) >= 11 is 11.5. The largest absolute Gasteiger partial charge is 0.306 e. The SMILES string of the molecule is CCCNC(c1cc(Br)sc1Br)c1cccc(C)c1I. The molecule has 1 N–H and O–H groups in total. The molecule has 2 rings (SSSR count). The Morgan fingerprint density at radius 1 is 1.30 bits per heavy atom. The Hall–Kier alpha value is 0.570. The third-order valence-electron chi connectivity index (χ3n) is 3.13. The lowest BCUT2D eigenvalue weighted by atomic mass is 9.99. The summed E-state index contributed by atoms with van der Waals surface area (Å²) < 4.78 is 3.69. The van der Waals surface area contributed by atoms with E-state index < -0.39 is 0 Å². The second-order valence-electron chi connectivity index (χ2n) is 4.64. The molecule has 1 aromatic carbocycles. The summed E-state index contributed by atoms with van der Waals surface area (Å²) in [5.41, 5.74) is 3.99. The Morgan fingerprint density at radius 2 is 2.05 bits per heavy atom. The average Bonchev–Trinajstić information content (AvgIpc) is 2.74. The average molecular weight is 529 g/mol. The van der Waals surface area contributed by atoms with Crippen molar-refractivity contribution in [3.63, 3.8) is 0 Å². The van der Waals surface area contributed by atoms with Crippen molar-refractivity contribution in [1.29, 1.82) is 0 Å². The van der Waals surface area contributed by atoms with E-state index in [1.54, 1.807) is 11.3 Å². The van der Waals surface area contributed by atoms with Gasteiger partial charge in [-0.15, -0.1) is 11.3 Å². The molecule has 0 saturated carbocycles. The molecule has 1 nitrogen and oxygen atoms in total. The van der Waals surface area contributed by atoms with Crippen molar-refractivity contribution < 1.29 is 0 Å². The third-order valence-corrected chi connectivity index (χ3v) is 6.98. The van der Waals surface area contributed by atoms with E-state index in [9.17, 15) is 0 Å². The molecule has 0 spiro atoms. The lowest BCUT2D eigenvalue weighted by Gasteiger charge is -2.21. The minimum atomic E-state index is 0.235. The van der Waals surface area contributed by atoms with Gasteiger partial charge in [0.05, 0.1) is 13.6 Å². The number of rotatable bonds is 5. The zero-order valence-corrected chi connectivity index (χ0v) is 17.5. The number of halogens is 3. The van der Waals surface area contributed by atoms with Gasteiger partial charge in [0.25, 0.3) is 0 Å². The van der Waals surface area contributed by atoms with Crippen molar-refractivity contribution in [2.45, 2.75) is 26.3 Å². The van der Waals surface area contributed by atoms with Gasteiger partial charge >= 0.3 is 0 Å². The minimum Gasteiger partial charge on any atom is -0.306 e. The summed E-state index contributed by atoms with van der Waals surface area (Å²) in [7, 11) is 0. The summed E-state index contributed by atoms with van der Waals surface area (Å²) in [4.78, 5) is 0. The molecular formula is C15H16Br2INS. The first kappa shape index (κ1) is 16.9. The molecule has 5 heteroatoms. The van der Waals surface area contributed by atoms with Gasteiger partial charge < -0.3 is 5.32 Å². The molecule has 0 aliphatic heterocycles. The van der Waals surface area contributed by atoms with Crippen molar-refractivity contribution in [1.82, 2.24) is 5.32 Å². The minimum absolute atomic E-state index is 0.235. The van der Waals surface area contributed by atoms with Gasteiger partial charge in [-0.1, -0.05) is 25.1 Å². The molecule has 0 saturated heterocycles. The molecule has 1 atom stereocenters. The number of thiophene rings is 1. The normalized spacial score (nSPS) is 12.7. The van der Waals surface area contributed by atoms with E-state index in [-0.39, 0.29) is 6.04 Å². The van der Waals surface area contributed by atoms with E-state index in [1.165, 1.54) is 24.0 Å². The van der Waals surface area contributed by atoms with Crippen LogP contribution in [-0.2, 0) is 0 Å². The molecule has 0 radical (unpaired) electrons. The van der Waals surface area contributed by atoms with Gasteiger partial charge in [0.2, 0.25) is 0 Å². The van der Waals surface area contributed by atoms with Gasteiger partial charge in [0.1, 0.15) is 0 Å². The first-order valence-corrected chi connectivity index (χ1v) is 9.95. The van der Waals surface area contributed by atoms with E-state index in [0.29, 0.717) is 0 Å². The van der Waals surface area contributed by atoms with Crippen molar-refractivity contribution >= 4 is 65.8 Å². The third kappa shape index (κ3) is 3.85. The van der Waals surface area contributed by atoms with Crippen LogP contribution in [0, 0.1) is 10.5 Å². The Bertz CT molecular complexity index is 598. The van der Waals surface area contributed by atoms with Crippen LogP contribution in [0.25, 0.3) is 0 Å². The maximum Gasteiger partial charge on any atom is 0.0761 e. The quantitative estimate of drug-likeness (QED) is 0.451. The summed E-state index contributed by atoms with van der Waals surface area (Å²) in [6.45, 7) is 5.37. The van der Waals surface area contributed by atoms with Gasteiger partial charge in [0.15, 0.2) is 0 Å². The van der Waals surface area contributed by atoms with E-state index in [0.717, 1.165) is 16.8 Å². The summed E-state index contributed by atoms with van der Waals surface area (Å²) in [6.07, 6.45) is 1.13. The monoisotopic (exact) mass is 527 g/mol. The van der Waals surface area contributed by atoms with Crippen molar-refractivity contribution in [2.24, 2.45) is 0 Å². The summed E-state index contributed by atoms with van der Waals surface area (Å²) in [5.74, 6) is 0. The van der Waals surface area contributed by atoms with E-state index >= 15 is 0 Å². The molecular weight excluding hydrogens is 513 g/mol. The topological polar surface area (TPSA) is 12.0 Å². The number of nitrogens with one attached hydrogen (secondary N) is 1. The molecule has 108 valence electrons. The highest BCUT2D eigenvalue weighted by atomic mass is 127. The number of hydrogen-bond donors (Lipinski definition) is 1. The maximum atomic E-state index is 3.70. The fourth-order valence-corrected chi connectivity index (χ4v) is 5.69. The van der Waals surface area contributed by atoms with Gasteiger partial charge in [-0.05, 0) is 97.1 Å². The predicted octanol–water partition coefficient (Wildman–Crippen LogP) is 6.28. The first-order chi connectivity index (χ1) is 9.54. The standard InChI is InChI=1S/C15H16Br2INS/c1-3-7-19-14(11-8-12(16)20-15(11)17)10-6-4-5-9(2)13(10)18/h4-6,8,14,19H,3,7H2,1-2H3.